The number of rotatable bonds is 7. The lowest BCUT2D eigenvalue weighted by Crippen LogP contribution is -2.40. The van der Waals surface area contributed by atoms with Crippen molar-refractivity contribution < 1.29 is 19.5 Å². The summed E-state index contributed by atoms with van der Waals surface area (Å²) in [7, 11) is 5.57. The van der Waals surface area contributed by atoms with Gasteiger partial charge in [-0.3, -0.25) is 14.4 Å². The summed E-state index contributed by atoms with van der Waals surface area (Å²) in [6, 6.07) is 16.4. The van der Waals surface area contributed by atoms with Gasteiger partial charge >= 0.3 is 0 Å². The molecule has 236 valence electrons. The molecule has 0 bridgehead atoms. The predicted molar refractivity (Wildman–Crippen MR) is 177 cm³/mol. The zero-order valence-electron chi connectivity index (χ0n) is 25.9. The molecule has 0 saturated carbocycles. The Kier molecular flexibility index (Phi) is 8.53. The fraction of sp³-hybridized carbons (Fsp3) is 0.265. The number of fused-ring (bicyclic) bond motifs is 1. The molecule has 0 unspecified atom stereocenters. The molecule has 12 heteroatoms. The van der Waals surface area contributed by atoms with E-state index < -0.39 is 0 Å². The van der Waals surface area contributed by atoms with Gasteiger partial charge in [-0.25, -0.2) is 4.98 Å². The highest BCUT2D eigenvalue weighted by Crippen LogP contribution is 2.34. The van der Waals surface area contributed by atoms with Crippen LogP contribution in [0.5, 0.6) is 0 Å². The van der Waals surface area contributed by atoms with Gasteiger partial charge in [-0.15, -0.1) is 0 Å². The number of nitrogens with one attached hydrogen (secondary N) is 1. The van der Waals surface area contributed by atoms with E-state index in [2.05, 4.69) is 15.5 Å². The number of carbonyl (C=O) groups excluding carboxylic acids is 2. The Balaban J connectivity index is 1.31. The lowest BCUT2D eigenvalue weighted by molar-refractivity contribution is 0.0302. The molecular weight excluding hydrogens is 586 g/mol. The Bertz CT molecular complexity index is 1880. The maximum absolute atomic E-state index is 13.7. The second kappa shape index (κ2) is 12.9. The summed E-state index contributed by atoms with van der Waals surface area (Å²) in [6.07, 6.45) is 5.16. The summed E-state index contributed by atoms with van der Waals surface area (Å²) in [5.41, 5.74) is 5.51. The van der Waals surface area contributed by atoms with Crippen molar-refractivity contribution >= 4 is 40.9 Å². The lowest BCUT2D eigenvalue weighted by atomic mass is 9.94. The zero-order valence-corrected chi connectivity index (χ0v) is 25.9. The first kappa shape index (κ1) is 30.5. The first-order valence-electron chi connectivity index (χ1n) is 15.0. The van der Waals surface area contributed by atoms with E-state index >= 15 is 0 Å². The normalized spacial score (nSPS) is 14.8. The second-order valence-electron chi connectivity index (χ2n) is 11.4. The molecule has 2 N–H and O–H groups in total. The summed E-state index contributed by atoms with van der Waals surface area (Å²) < 4.78 is 6.78. The molecule has 12 nitrogen and oxygen atoms in total. The van der Waals surface area contributed by atoms with Gasteiger partial charge in [0.1, 0.15) is 11.5 Å². The number of oxime groups is 1. The van der Waals surface area contributed by atoms with Gasteiger partial charge in [0.15, 0.2) is 0 Å². The van der Waals surface area contributed by atoms with Crippen LogP contribution in [0.15, 0.2) is 76.9 Å². The van der Waals surface area contributed by atoms with Gasteiger partial charge in [-0.1, -0.05) is 17.3 Å². The lowest BCUT2D eigenvalue weighted by Gasteiger charge is -2.31. The van der Waals surface area contributed by atoms with Crippen molar-refractivity contribution in [3.05, 3.63) is 99.6 Å². The van der Waals surface area contributed by atoms with Crippen molar-refractivity contribution in [1.82, 2.24) is 14.5 Å². The van der Waals surface area contributed by atoms with E-state index in [0.717, 1.165) is 11.3 Å². The molecule has 2 aliphatic heterocycles. The van der Waals surface area contributed by atoms with Gasteiger partial charge in [0.05, 0.1) is 30.7 Å². The molecule has 0 radical (unpaired) electrons. The molecule has 2 aliphatic rings. The van der Waals surface area contributed by atoms with Crippen LogP contribution in [0, 0.1) is 0 Å². The molecule has 1 fully saturated rings. The summed E-state index contributed by atoms with van der Waals surface area (Å²) in [4.78, 5) is 49.5. The fourth-order valence-corrected chi connectivity index (χ4v) is 5.85. The van der Waals surface area contributed by atoms with Gasteiger partial charge in [0.25, 0.3) is 17.4 Å². The molecule has 0 aliphatic carbocycles. The standard InChI is InChI=1S/C34H35N7O5/c1-38(2)25-8-9-27-22(17-25)11-12-41(33(27)43)30-6-4-5-26(28(30)20-36-45)24-18-29(34(44)39(3)21-24)37-31-10-7-23(19-35-31)32(42)40-13-15-46-16-14-40/h4-10,17-21,45H,11-16H2,1-3H3,(H,35,37). The van der Waals surface area contributed by atoms with E-state index in [4.69, 9.17) is 4.74 Å². The van der Waals surface area contributed by atoms with E-state index in [1.165, 1.54) is 17.0 Å². The first-order chi connectivity index (χ1) is 22.2. The highest BCUT2D eigenvalue weighted by Gasteiger charge is 2.28. The van der Waals surface area contributed by atoms with Gasteiger partial charge < -0.3 is 34.5 Å². The smallest absolute Gasteiger partial charge is 0.274 e. The number of ether oxygens (including phenoxy) is 1. The van der Waals surface area contributed by atoms with Crippen molar-refractivity contribution in [3.63, 3.8) is 0 Å². The quantitative estimate of drug-likeness (QED) is 0.181. The molecule has 2 amide bonds. The minimum atomic E-state index is -0.285. The van der Waals surface area contributed by atoms with Crippen molar-refractivity contribution in [3.8, 4) is 11.1 Å². The number of aromatic nitrogens is 2. The molecular formula is C34H35N7O5. The molecule has 4 heterocycles. The summed E-state index contributed by atoms with van der Waals surface area (Å²) in [6.45, 7) is 2.53. The minimum Gasteiger partial charge on any atom is -0.411 e. The summed E-state index contributed by atoms with van der Waals surface area (Å²) >= 11 is 0. The van der Waals surface area contributed by atoms with E-state index in [1.54, 1.807) is 41.2 Å². The highest BCUT2D eigenvalue weighted by atomic mass is 16.5. The van der Waals surface area contributed by atoms with Crippen molar-refractivity contribution in [2.75, 3.05) is 62.1 Å². The van der Waals surface area contributed by atoms with E-state index in [1.807, 2.05) is 55.4 Å². The number of benzene rings is 2. The number of morpholine rings is 1. The molecule has 4 aromatic rings. The third kappa shape index (κ3) is 5.94. The molecule has 2 aromatic heterocycles. The minimum absolute atomic E-state index is 0.118. The SMILES string of the molecule is CN(C)c1ccc2c(c1)CCN(c1cccc(-c3cc(Nc4ccc(C(=O)N5CCOCC5)cn4)c(=O)n(C)c3)c1C=NO)C2=O. The van der Waals surface area contributed by atoms with E-state index in [9.17, 15) is 19.6 Å². The Morgan fingerprint density at radius 1 is 1.04 bits per heavy atom. The van der Waals surface area contributed by atoms with Crippen LogP contribution in [0.3, 0.4) is 0 Å². The largest absolute Gasteiger partial charge is 0.411 e. The Morgan fingerprint density at radius 2 is 1.85 bits per heavy atom. The van der Waals surface area contributed by atoms with Crippen LogP contribution < -0.4 is 20.7 Å². The highest BCUT2D eigenvalue weighted by molar-refractivity contribution is 6.11. The molecule has 6 rings (SSSR count). The van der Waals surface area contributed by atoms with Crippen LogP contribution in [0.2, 0.25) is 0 Å². The Labute approximate surface area is 266 Å². The number of carbonyl (C=O) groups is 2. The van der Waals surface area contributed by atoms with Gasteiger partial charge in [0.2, 0.25) is 0 Å². The molecule has 2 aromatic carbocycles. The van der Waals surface area contributed by atoms with Gasteiger partial charge in [-0.05, 0) is 60.0 Å². The van der Waals surface area contributed by atoms with Crippen molar-refractivity contribution in [1.29, 1.82) is 0 Å². The molecule has 1 saturated heterocycles. The number of aryl methyl sites for hydroxylation is 1. The maximum Gasteiger partial charge on any atom is 0.274 e. The average Bonchev–Trinajstić information content (AvgIpc) is 3.07. The third-order valence-corrected chi connectivity index (χ3v) is 8.31. The first-order valence-corrected chi connectivity index (χ1v) is 15.0. The van der Waals surface area contributed by atoms with Crippen LogP contribution >= 0.6 is 0 Å². The van der Waals surface area contributed by atoms with Crippen LogP contribution in [-0.4, -0.2) is 84.6 Å². The maximum atomic E-state index is 13.7. The number of amides is 2. The Morgan fingerprint density at radius 3 is 2.57 bits per heavy atom. The van der Waals surface area contributed by atoms with Gasteiger partial charge in [0, 0.05) is 75.5 Å². The fourth-order valence-electron chi connectivity index (χ4n) is 5.85. The van der Waals surface area contributed by atoms with E-state index in [0.29, 0.717) is 78.6 Å². The van der Waals surface area contributed by atoms with Crippen LogP contribution in [0.4, 0.5) is 22.9 Å². The average molecular weight is 622 g/mol. The van der Waals surface area contributed by atoms with Crippen molar-refractivity contribution in [2.24, 2.45) is 12.2 Å². The second-order valence-corrected chi connectivity index (χ2v) is 11.4. The predicted octanol–water partition coefficient (Wildman–Crippen LogP) is 3.74. The monoisotopic (exact) mass is 621 g/mol. The number of hydrogen-bond donors (Lipinski definition) is 2. The number of nitrogens with zero attached hydrogens (tertiary/aromatic N) is 6. The molecule has 0 atom stereocenters. The van der Waals surface area contributed by atoms with Gasteiger partial charge in [-0.2, -0.15) is 0 Å². The van der Waals surface area contributed by atoms with Crippen LogP contribution in [0.1, 0.15) is 31.8 Å². The molecule has 46 heavy (non-hydrogen) atoms. The van der Waals surface area contributed by atoms with Crippen LogP contribution in [0.25, 0.3) is 11.1 Å². The van der Waals surface area contributed by atoms with Crippen molar-refractivity contribution in [2.45, 2.75) is 6.42 Å². The number of pyridine rings is 2. The van der Waals surface area contributed by atoms with E-state index in [-0.39, 0.29) is 23.1 Å². The molecule has 0 spiro atoms. The third-order valence-electron chi connectivity index (χ3n) is 8.31. The Hall–Kier alpha value is -5.49. The summed E-state index contributed by atoms with van der Waals surface area (Å²) in [5.74, 6) is 0.140. The number of hydrogen-bond acceptors (Lipinski definition) is 9. The zero-order chi connectivity index (χ0) is 32.4. The number of anilines is 4. The van der Waals surface area contributed by atoms with Crippen LogP contribution in [-0.2, 0) is 18.2 Å². The summed E-state index contributed by atoms with van der Waals surface area (Å²) in [5, 5.41) is 16.1. The topological polar surface area (TPSA) is 133 Å².